The fraction of sp³-hybridized carbons (Fsp3) is 0. The molecule has 0 aliphatic rings. The lowest BCUT2D eigenvalue weighted by Gasteiger charge is -2.07. The average molecular weight is 432 g/mol. The van der Waals surface area contributed by atoms with Gasteiger partial charge in [-0.05, 0) is 40.8 Å². The summed E-state index contributed by atoms with van der Waals surface area (Å²) in [6.45, 7) is 0. The lowest BCUT2D eigenvalue weighted by atomic mass is 10.1. The molecule has 0 unspecified atom stereocenters. The van der Waals surface area contributed by atoms with E-state index in [0.29, 0.717) is 11.3 Å². The number of hydrazine groups is 1. The SMILES string of the molecule is O=C(NNC(=O)c1ccccc1I)c1cc(-c2ccccc2)n[nH]1. The van der Waals surface area contributed by atoms with Crippen molar-refractivity contribution in [1.82, 2.24) is 21.0 Å². The van der Waals surface area contributed by atoms with E-state index < -0.39 is 5.91 Å². The Morgan fingerprint density at radius 1 is 0.917 bits per heavy atom. The first-order valence-corrected chi connectivity index (χ1v) is 8.19. The van der Waals surface area contributed by atoms with Gasteiger partial charge < -0.3 is 0 Å². The second-order valence-corrected chi connectivity index (χ2v) is 6.08. The van der Waals surface area contributed by atoms with E-state index in [2.05, 4.69) is 43.6 Å². The fourth-order valence-electron chi connectivity index (χ4n) is 2.09. The summed E-state index contributed by atoms with van der Waals surface area (Å²) in [7, 11) is 0. The summed E-state index contributed by atoms with van der Waals surface area (Å²) >= 11 is 2.06. The highest BCUT2D eigenvalue weighted by Crippen LogP contribution is 2.16. The van der Waals surface area contributed by atoms with Crippen LogP contribution in [0.4, 0.5) is 0 Å². The van der Waals surface area contributed by atoms with Gasteiger partial charge >= 0.3 is 0 Å². The van der Waals surface area contributed by atoms with E-state index in [1.807, 2.05) is 42.5 Å². The third-order valence-corrected chi connectivity index (χ3v) is 4.24. The Morgan fingerprint density at radius 2 is 1.58 bits per heavy atom. The minimum Gasteiger partial charge on any atom is -0.272 e. The van der Waals surface area contributed by atoms with Crippen LogP contribution >= 0.6 is 22.6 Å². The molecule has 1 aromatic heterocycles. The highest BCUT2D eigenvalue weighted by Gasteiger charge is 2.13. The number of carbonyl (C=O) groups is 2. The van der Waals surface area contributed by atoms with Crippen LogP contribution in [0.1, 0.15) is 20.8 Å². The van der Waals surface area contributed by atoms with Crippen molar-refractivity contribution in [2.45, 2.75) is 0 Å². The number of carbonyl (C=O) groups excluding carboxylic acids is 2. The second kappa shape index (κ2) is 7.26. The molecule has 0 spiro atoms. The third-order valence-electron chi connectivity index (χ3n) is 3.30. The standard InChI is InChI=1S/C17H13IN4O2/c18-13-9-5-4-8-12(13)16(23)21-22-17(24)15-10-14(19-20-15)11-6-2-1-3-7-11/h1-10H,(H,19,20)(H,21,23)(H,22,24). The summed E-state index contributed by atoms with van der Waals surface area (Å²) in [6, 6.07) is 18.2. The zero-order valence-electron chi connectivity index (χ0n) is 12.4. The number of amides is 2. The molecular formula is C17H13IN4O2. The molecule has 0 aliphatic heterocycles. The molecule has 6 nitrogen and oxygen atoms in total. The Balaban J connectivity index is 1.65. The van der Waals surface area contributed by atoms with E-state index in [1.54, 1.807) is 18.2 Å². The van der Waals surface area contributed by atoms with Crippen LogP contribution in [0.2, 0.25) is 0 Å². The molecule has 3 rings (SSSR count). The van der Waals surface area contributed by atoms with Gasteiger partial charge in [0, 0.05) is 9.13 Å². The molecule has 3 N–H and O–H groups in total. The Morgan fingerprint density at radius 3 is 2.33 bits per heavy atom. The van der Waals surface area contributed by atoms with Crippen LogP contribution in [0.15, 0.2) is 60.7 Å². The van der Waals surface area contributed by atoms with E-state index in [9.17, 15) is 9.59 Å². The predicted molar refractivity (Wildman–Crippen MR) is 98.1 cm³/mol. The van der Waals surface area contributed by atoms with Crippen LogP contribution in [0.5, 0.6) is 0 Å². The number of nitrogens with one attached hydrogen (secondary N) is 3. The van der Waals surface area contributed by atoms with E-state index in [4.69, 9.17) is 0 Å². The fourth-order valence-corrected chi connectivity index (χ4v) is 2.72. The van der Waals surface area contributed by atoms with Crippen LogP contribution in [-0.2, 0) is 0 Å². The summed E-state index contributed by atoms with van der Waals surface area (Å²) in [4.78, 5) is 24.2. The number of H-pyrrole nitrogens is 1. The number of nitrogens with zero attached hydrogens (tertiary/aromatic N) is 1. The van der Waals surface area contributed by atoms with Crippen molar-refractivity contribution in [1.29, 1.82) is 0 Å². The van der Waals surface area contributed by atoms with Crippen LogP contribution in [0, 0.1) is 3.57 Å². The Hall–Kier alpha value is -2.68. The maximum absolute atomic E-state index is 12.1. The topological polar surface area (TPSA) is 86.9 Å². The Kier molecular flexibility index (Phi) is 4.90. The van der Waals surface area contributed by atoms with Gasteiger partial charge in [0.2, 0.25) is 0 Å². The Bertz CT molecular complexity index is 877. The number of hydrogen-bond acceptors (Lipinski definition) is 3. The van der Waals surface area contributed by atoms with E-state index in [0.717, 1.165) is 9.13 Å². The maximum Gasteiger partial charge on any atom is 0.287 e. The number of rotatable bonds is 3. The molecule has 0 radical (unpaired) electrons. The molecule has 2 amide bonds. The summed E-state index contributed by atoms with van der Waals surface area (Å²) in [6.07, 6.45) is 0. The third kappa shape index (κ3) is 3.62. The van der Waals surface area contributed by atoms with Gasteiger partial charge in [-0.15, -0.1) is 0 Å². The summed E-state index contributed by atoms with van der Waals surface area (Å²) in [5.41, 5.74) is 7.08. The summed E-state index contributed by atoms with van der Waals surface area (Å²) in [5, 5.41) is 6.77. The number of halogens is 1. The first-order chi connectivity index (χ1) is 11.6. The number of aromatic amines is 1. The molecule has 120 valence electrons. The monoisotopic (exact) mass is 432 g/mol. The molecular weight excluding hydrogens is 419 g/mol. The summed E-state index contributed by atoms with van der Waals surface area (Å²) in [5.74, 6) is -0.847. The molecule has 0 bridgehead atoms. The first kappa shape index (κ1) is 16.2. The van der Waals surface area contributed by atoms with Crippen molar-refractivity contribution in [3.63, 3.8) is 0 Å². The quantitative estimate of drug-likeness (QED) is 0.440. The highest BCUT2D eigenvalue weighted by atomic mass is 127. The molecule has 0 atom stereocenters. The van der Waals surface area contributed by atoms with Crippen molar-refractivity contribution in [2.75, 3.05) is 0 Å². The minimum absolute atomic E-state index is 0.261. The number of benzene rings is 2. The Labute approximate surface area is 151 Å². The van der Waals surface area contributed by atoms with Gasteiger partial charge in [0.1, 0.15) is 5.69 Å². The zero-order valence-corrected chi connectivity index (χ0v) is 14.6. The lowest BCUT2D eigenvalue weighted by Crippen LogP contribution is -2.42. The van der Waals surface area contributed by atoms with E-state index in [1.165, 1.54) is 0 Å². The maximum atomic E-state index is 12.1. The molecule has 24 heavy (non-hydrogen) atoms. The van der Waals surface area contributed by atoms with Crippen LogP contribution in [0.25, 0.3) is 11.3 Å². The van der Waals surface area contributed by atoms with Crippen LogP contribution in [0.3, 0.4) is 0 Å². The molecule has 0 fully saturated rings. The minimum atomic E-state index is -0.469. The number of aromatic nitrogens is 2. The predicted octanol–water partition coefficient (Wildman–Crippen LogP) is 2.76. The van der Waals surface area contributed by atoms with Crippen molar-refractivity contribution < 1.29 is 9.59 Å². The molecule has 7 heteroatoms. The molecule has 0 saturated carbocycles. The molecule has 3 aromatic rings. The molecule has 2 aromatic carbocycles. The van der Waals surface area contributed by atoms with Gasteiger partial charge in [0.05, 0.1) is 11.3 Å². The van der Waals surface area contributed by atoms with Crippen molar-refractivity contribution >= 4 is 34.4 Å². The van der Waals surface area contributed by atoms with Gasteiger partial charge in [-0.25, -0.2) is 0 Å². The molecule has 0 saturated heterocycles. The highest BCUT2D eigenvalue weighted by molar-refractivity contribution is 14.1. The van der Waals surface area contributed by atoms with Gasteiger partial charge in [0.15, 0.2) is 0 Å². The van der Waals surface area contributed by atoms with Crippen LogP contribution < -0.4 is 10.9 Å². The van der Waals surface area contributed by atoms with Gasteiger partial charge in [0.25, 0.3) is 11.8 Å². The van der Waals surface area contributed by atoms with Crippen molar-refractivity contribution in [2.24, 2.45) is 0 Å². The van der Waals surface area contributed by atoms with Crippen molar-refractivity contribution in [3.8, 4) is 11.3 Å². The van der Waals surface area contributed by atoms with E-state index >= 15 is 0 Å². The smallest absolute Gasteiger partial charge is 0.272 e. The first-order valence-electron chi connectivity index (χ1n) is 7.11. The molecule has 0 aliphatic carbocycles. The van der Waals surface area contributed by atoms with Gasteiger partial charge in [-0.3, -0.25) is 25.5 Å². The van der Waals surface area contributed by atoms with Crippen LogP contribution in [-0.4, -0.2) is 22.0 Å². The largest absolute Gasteiger partial charge is 0.287 e. The zero-order chi connectivity index (χ0) is 16.9. The lowest BCUT2D eigenvalue weighted by molar-refractivity contribution is 0.0843. The number of hydrogen-bond donors (Lipinski definition) is 3. The van der Waals surface area contributed by atoms with Gasteiger partial charge in [-0.1, -0.05) is 42.5 Å². The molecule has 1 heterocycles. The normalized spacial score (nSPS) is 10.2. The summed E-state index contributed by atoms with van der Waals surface area (Å²) < 4.78 is 0.801. The second-order valence-electron chi connectivity index (χ2n) is 4.92. The average Bonchev–Trinajstić information content (AvgIpc) is 3.11. The van der Waals surface area contributed by atoms with Gasteiger partial charge in [-0.2, -0.15) is 5.10 Å². The van der Waals surface area contributed by atoms with Crippen molar-refractivity contribution in [3.05, 3.63) is 75.5 Å². The van der Waals surface area contributed by atoms with E-state index in [-0.39, 0.29) is 11.6 Å².